The van der Waals surface area contributed by atoms with Crippen molar-refractivity contribution in [3.05, 3.63) is 92.4 Å². The molecule has 3 aromatic rings. The summed E-state index contributed by atoms with van der Waals surface area (Å²) in [6, 6.07) is 15.5. The van der Waals surface area contributed by atoms with E-state index in [4.69, 9.17) is 11.6 Å². The first-order valence-electron chi connectivity index (χ1n) is 11.8. The van der Waals surface area contributed by atoms with E-state index in [-0.39, 0.29) is 36.3 Å². The molecule has 1 saturated heterocycles. The fraction of sp³-hybridized carbons (Fsp3) is 0.333. The molecule has 2 atom stereocenters. The van der Waals surface area contributed by atoms with Crippen molar-refractivity contribution in [3.8, 4) is 0 Å². The molecule has 0 radical (unpaired) electrons. The maximum atomic E-state index is 14.1. The Hall–Kier alpha value is -2.74. The van der Waals surface area contributed by atoms with Crippen LogP contribution in [0.1, 0.15) is 39.3 Å². The lowest BCUT2D eigenvalue weighted by Gasteiger charge is -2.42. The van der Waals surface area contributed by atoms with Gasteiger partial charge in [-0.1, -0.05) is 35.9 Å². The molecule has 2 aromatic carbocycles. The number of nitrogens with zero attached hydrogens (tertiary/aromatic N) is 3. The number of rotatable bonds is 4. The highest BCUT2D eigenvalue weighted by Gasteiger charge is 2.35. The van der Waals surface area contributed by atoms with E-state index in [2.05, 4.69) is 16.3 Å². The lowest BCUT2D eigenvalue weighted by Crippen LogP contribution is -2.57. The topological polar surface area (TPSA) is 43.9 Å². The number of fused-ring (bicyclic) bond motifs is 1. The van der Waals surface area contributed by atoms with Crippen molar-refractivity contribution < 1.29 is 14.0 Å². The Kier molecular flexibility index (Phi) is 6.91. The Morgan fingerprint density at radius 2 is 1.91 bits per heavy atom. The van der Waals surface area contributed by atoms with Gasteiger partial charge in [0, 0.05) is 37.1 Å². The van der Waals surface area contributed by atoms with Crippen LogP contribution in [-0.2, 0) is 11.2 Å². The van der Waals surface area contributed by atoms with E-state index in [1.54, 1.807) is 52.6 Å². The van der Waals surface area contributed by atoms with Crippen molar-refractivity contribution in [1.82, 2.24) is 14.7 Å². The summed E-state index contributed by atoms with van der Waals surface area (Å²) in [6.07, 6.45) is 0.878. The van der Waals surface area contributed by atoms with Gasteiger partial charge in [0.25, 0.3) is 5.91 Å². The molecule has 8 heteroatoms. The summed E-state index contributed by atoms with van der Waals surface area (Å²) in [5, 5.41) is 2.50. The van der Waals surface area contributed by atoms with Gasteiger partial charge in [0.05, 0.1) is 23.2 Å². The fourth-order valence-corrected chi connectivity index (χ4v) is 6.28. The summed E-state index contributed by atoms with van der Waals surface area (Å²) in [4.78, 5) is 33.5. The molecular formula is C27H27ClFN3O2S. The Labute approximate surface area is 213 Å². The van der Waals surface area contributed by atoms with Crippen molar-refractivity contribution >= 4 is 34.8 Å². The SMILES string of the molecule is C[C@H]1CN(C(=O)CN2CCc3sccc3[C@@H]2c2cccc(F)c2)CCN1C(=O)c1ccccc1Cl. The van der Waals surface area contributed by atoms with Gasteiger partial charge in [-0.15, -0.1) is 11.3 Å². The Morgan fingerprint density at radius 3 is 2.69 bits per heavy atom. The quantitative estimate of drug-likeness (QED) is 0.502. The second-order valence-corrected chi connectivity index (χ2v) is 10.6. The average Bonchev–Trinajstić information content (AvgIpc) is 3.32. The summed E-state index contributed by atoms with van der Waals surface area (Å²) in [5.74, 6) is -0.353. The number of carbonyl (C=O) groups excluding carboxylic acids is 2. The zero-order valence-electron chi connectivity index (χ0n) is 19.5. The van der Waals surface area contributed by atoms with Crippen molar-refractivity contribution in [3.63, 3.8) is 0 Å². The summed E-state index contributed by atoms with van der Waals surface area (Å²) in [6.45, 7) is 4.35. The molecular weight excluding hydrogens is 485 g/mol. The van der Waals surface area contributed by atoms with Crippen LogP contribution in [0.4, 0.5) is 4.39 Å². The number of carbonyl (C=O) groups is 2. The maximum absolute atomic E-state index is 14.1. The van der Waals surface area contributed by atoms with E-state index in [1.165, 1.54) is 10.9 Å². The predicted molar refractivity (Wildman–Crippen MR) is 136 cm³/mol. The Morgan fingerprint density at radius 1 is 1.09 bits per heavy atom. The molecule has 35 heavy (non-hydrogen) atoms. The smallest absolute Gasteiger partial charge is 0.255 e. The van der Waals surface area contributed by atoms with Crippen molar-refractivity contribution in [2.24, 2.45) is 0 Å². The minimum absolute atomic E-state index is 0.0294. The summed E-state index contributed by atoms with van der Waals surface area (Å²) >= 11 is 7.95. The Balaban J connectivity index is 1.29. The van der Waals surface area contributed by atoms with Crippen molar-refractivity contribution in [1.29, 1.82) is 0 Å². The van der Waals surface area contributed by atoms with E-state index in [1.807, 2.05) is 17.9 Å². The molecule has 3 heterocycles. The van der Waals surface area contributed by atoms with Crippen molar-refractivity contribution in [2.75, 3.05) is 32.7 Å². The first-order valence-corrected chi connectivity index (χ1v) is 13.1. The molecule has 182 valence electrons. The van der Waals surface area contributed by atoms with Crippen LogP contribution >= 0.6 is 22.9 Å². The molecule has 0 bridgehead atoms. The van der Waals surface area contributed by atoms with E-state index < -0.39 is 0 Å². The second-order valence-electron chi connectivity index (χ2n) is 9.14. The standard InChI is InChI=1S/C27H27ClFN3O2S/c1-18-16-30(12-13-32(18)27(34)21-7-2-3-8-23(21)28)25(33)17-31-11-9-24-22(10-14-35-24)26(31)19-5-4-6-20(29)15-19/h2-8,10,14-15,18,26H,9,11-13,16-17H2,1H3/t18-,26-/m0/s1. The summed E-state index contributed by atoms with van der Waals surface area (Å²) in [5.41, 5.74) is 2.50. The van der Waals surface area contributed by atoms with Gasteiger partial charge < -0.3 is 9.80 Å². The lowest BCUT2D eigenvalue weighted by molar-refractivity contribution is -0.135. The van der Waals surface area contributed by atoms with Gasteiger partial charge in [-0.05, 0) is 60.2 Å². The van der Waals surface area contributed by atoms with Gasteiger partial charge in [0.2, 0.25) is 5.91 Å². The highest BCUT2D eigenvalue weighted by atomic mass is 35.5. The molecule has 2 aliphatic heterocycles. The van der Waals surface area contributed by atoms with Gasteiger partial charge >= 0.3 is 0 Å². The van der Waals surface area contributed by atoms with Crippen molar-refractivity contribution in [2.45, 2.75) is 25.4 Å². The van der Waals surface area contributed by atoms with Crippen LogP contribution in [0, 0.1) is 5.82 Å². The van der Waals surface area contributed by atoms with E-state index in [9.17, 15) is 14.0 Å². The minimum Gasteiger partial charge on any atom is -0.338 e. The molecule has 1 fully saturated rings. The van der Waals surface area contributed by atoms with Crippen LogP contribution in [0.3, 0.4) is 0 Å². The predicted octanol–water partition coefficient (Wildman–Crippen LogP) is 4.86. The molecule has 5 rings (SSSR count). The average molecular weight is 512 g/mol. The fourth-order valence-electron chi connectivity index (χ4n) is 5.15. The normalized spacial score (nSPS) is 20.5. The monoisotopic (exact) mass is 511 g/mol. The largest absolute Gasteiger partial charge is 0.338 e. The molecule has 2 amide bonds. The van der Waals surface area contributed by atoms with Gasteiger partial charge in [0.1, 0.15) is 5.82 Å². The number of piperazine rings is 1. The highest BCUT2D eigenvalue weighted by Crippen LogP contribution is 2.38. The zero-order chi connectivity index (χ0) is 24.5. The van der Waals surface area contributed by atoms with E-state index in [0.717, 1.165) is 24.1 Å². The molecule has 0 spiro atoms. The first kappa shape index (κ1) is 24.0. The number of benzene rings is 2. The zero-order valence-corrected chi connectivity index (χ0v) is 21.1. The van der Waals surface area contributed by atoms with Crippen LogP contribution in [0.5, 0.6) is 0 Å². The van der Waals surface area contributed by atoms with Crippen LogP contribution in [0.15, 0.2) is 60.0 Å². The lowest BCUT2D eigenvalue weighted by atomic mass is 9.93. The Bertz CT molecular complexity index is 1250. The number of hydrogen-bond donors (Lipinski definition) is 0. The number of amides is 2. The molecule has 5 nitrogen and oxygen atoms in total. The highest BCUT2D eigenvalue weighted by molar-refractivity contribution is 7.10. The molecule has 0 N–H and O–H groups in total. The number of hydrogen-bond acceptors (Lipinski definition) is 4. The van der Waals surface area contributed by atoms with Gasteiger partial charge in [-0.3, -0.25) is 14.5 Å². The third-order valence-corrected chi connectivity index (χ3v) is 8.24. The number of thiophene rings is 1. The summed E-state index contributed by atoms with van der Waals surface area (Å²) in [7, 11) is 0. The summed E-state index contributed by atoms with van der Waals surface area (Å²) < 4.78 is 14.1. The number of halogens is 2. The van der Waals surface area contributed by atoms with Crippen LogP contribution in [-0.4, -0.2) is 65.3 Å². The van der Waals surface area contributed by atoms with Crippen LogP contribution in [0.2, 0.25) is 5.02 Å². The molecule has 1 aromatic heterocycles. The van der Waals surface area contributed by atoms with Crippen LogP contribution < -0.4 is 0 Å². The minimum atomic E-state index is -0.274. The van der Waals surface area contributed by atoms with Gasteiger partial charge in [0.15, 0.2) is 0 Å². The maximum Gasteiger partial charge on any atom is 0.255 e. The third-order valence-electron chi connectivity index (χ3n) is 6.91. The van der Waals surface area contributed by atoms with Gasteiger partial charge in [-0.2, -0.15) is 0 Å². The van der Waals surface area contributed by atoms with E-state index >= 15 is 0 Å². The molecule has 0 saturated carbocycles. The first-order chi connectivity index (χ1) is 16.9. The molecule has 2 aliphatic rings. The molecule has 0 unspecified atom stereocenters. The molecule has 0 aliphatic carbocycles. The third kappa shape index (κ3) is 4.85. The van der Waals surface area contributed by atoms with E-state index in [0.29, 0.717) is 30.2 Å². The van der Waals surface area contributed by atoms with Crippen LogP contribution in [0.25, 0.3) is 0 Å². The second kappa shape index (κ2) is 10.1. The van der Waals surface area contributed by atoms with Gasteiger partial charge in [-0.25, -0.2) is 4.39 Å².